The van der Waals surface area contributed by atoms with Gasteiger partial charge in [-0.25, -0.2) is 0 Å². The molecule has 0 radical (unpaired) electrons. The van der Waals surface area contributed by atoms with Crippen LogP contribution in [0, 0.1) is 0 Å². The van der Waals surface area contributed by atoms with Crippen molar-refractivity contribution in [1.29, 1.82) is 0 Å². The molecule has 0 aliphatic carbocycles. The Morgan fingerprint density at radius 3 is 1.50 bits per heavy atom. The Morgan fingerprint density at radius 1 is 1.50 bits per heavy atom. The summed E-state index contributed by atoms with van der Waals surface area (Å²) in [5.74, 6) is 0. The minimum atomic E-state index is 0. The van der Waals surface area contributed by atoms with E-state index >= 15 is 0 Å². The van der Waals surface area contributed by atoms with Gasteiger partial charge in [-0.1, -0.05) is 0 Å². The molecular weight excluding hydrogens is 159 g/mol. The average Bonchev–Trinajstić information content (AvgIpc) is 1.00. The monoisotopic (exact) mass is 162 g/mol. The molecule has 1 nitrogen and oxygen atoms in total. The van der Waals surface area contributed by atoms with Gasteiger partial charge in [-0.3, -0.25) is 0 Å². The van der Waals surface area contributed by atoms with Crippen molar-refractivity contribution in [1.82, 2.24) is 0 Å². The summed E-state index contributed by atoms with van der Waals surface area (Å²) in [6, 6.07) is 0. The summed E-state index contributed by atoms with van der Waals surface area (Å²) in [7, 11) is 0. The summed E-state index contributed by atoms with van der Waals surface area (Å²) in [6.07, 6.45) is 0. The first-order valence-corrected chi connectivity index (χ1v) is 1.21. The van der Waals surface area contributed by atoms with Crippen LogP contribution >= 0.6 is 0 Å². The molecule has 0 N–H and O–H groups in total. The minimum absolute atomic E-state index is 0. The van der Waals surface area contributed by atoms with Crippen molar-refractivity contribution >= 4 is 40.4 Å². The average molecular weight is 164 g/mol. The van der Waals surface area contributed by atoms with Crippen LogP contribution in [0.2, 0.25) is 0 Å². The summed E-state index contributed by atoms with van der Waals surface area (Å²) in [4.78, 5) is 0. The van der Waals surface area contributed by atoms with Crippen molar-refractivity contribution < 1.29 is 30.4 Å². The van der Waals surface area contributed by atoms with E-state index in [0.717, 1.165) is 0 Å². The molecule has 0 aromatic heterocycles. The first-order valence-electron chi connectivity index (χ1n) is 0.204. The Kier molecular flexibility index (Phi) is 83.9. The molecule has 20 valence electrons. The number of hydrogen-bond donors (Lipinski definition) is 0. The summed E-state index contributed by atoms with van der Waals surface area (Å²) in [5, 5.41) is 0. The first kappa shape index (κ1) is 16.7. The predicted molar refractivity (Wildman–Crippen MR) is 18.6 cm³/mol. The molecule has 0 fully saturated rings. The van der Waals surface area contributed by atoms with Gasteiger partial charge in [-0.2, -0.15) is 0 Å². The zero-order valence-corrected chi connectivity index (χ0v) is 5.49. The van der Waals surface area contributed by atoms with Gasteiger partial charge in [-0.15, -0.1) is 0 Å². The summed E-state index contributed by atoms with van der Waals surface area (Å²) in [5.41, 5.74) is 0. The summed E-state index contributed by atoms with van der Waals surface area (Å²) >= 11 is 0.300. The van der Waals surface area contributed by atoms with E-state index in [1.807, 2.05) is 0 Å². The fourth-order valence-electron chi connectivity index (χ4n) is 0. The molecule has 0 aliphatic heterocycles. The molecule has 0 saturated carbocycles. The molecule has 0 spiro atoms. The van der Waals surface area contributed by atoms with Crippen LogP contribution in [0.25, 0.3) is 0 Å². The molecule has 0 aromatic carbocycles. The van der Waals surface area contributed by atoms with Crippen LogP contribution in [0.4, 0.5) is 0 Å². The summed E-state index contributed by atoms with van der Waals surface area (Å²) in [6.45, 7) is 0. The Labute approximate surface area is 70.1 Å². The fraction of sp³-hybridized carbons (Fsp3) is 0. The topological polar surface area (TPSA) is 17.1 Å². The maximum atomic E-state index is 8.34. The molecule has 0 aromatic rings. The van der Waals surface area contributed by atoms with Crippen molar-refractivity contribution in [2.45, 2.75) is 0 Å². The van der Waals surface area contributed by atoms with E-state index in [1.54, 1.807) is 0 Å². The number of hydrogen-bond acceptors (Lipinski definition) is 1. The second-order valence-electron chi connectivity index (χ2n) is 0. The van der Waals surface area contributed by atoms with E-state index in [-0.39, 0.29) is 43.3 Å². The number of rotatable bonds is 0. The maximum absolute atomic E-state index is 8.34. The Bertz CT molecular complexity index is 13.5. The van der Waals surface area contributed by atoms with Crippen LogP contribution in [0.15, 0.2) is 0 Å². The third-order valence-corrected chi connectivity index (χ3v) is 0. The van der Waals surface area contributed by atoms with E-state index in [2.05, 4.69) is 0 Å². The van der Waals surface area contributed by atoms with Crippen molar-refractivity contribution in [3.05, 3.63) is 0 Å². The first-order chi connectivity index (χ1) is 1.00. The molecule has 0 aliphatic rings. The van der Waals surface area contributed by atoms with Gasteiger partial charge >= 0.3 is 50.6 Å². The van der Waals surface area contributed by atoms with Gasteiger partial charge in [-0.05, 0) is 0 Å². The molecule has 0 rings (SSSR count). The molecule has 0 unspecified atom stereocenters. The van der Waals surface area contributed by atoms with Crippen molar-refractivity contribution in [3.8, 4) is 0 Å². The van der Waals surface area contributed by atoms with Crippen molar-refractivity contribution in [2.24, 2.45) is 0 Å². The van der Waals surface area contributed by atoms with Crippen molar-refractivity contribution in [2.75, 3.05) is 0 Å². The molecule has 0 saturated heterocycles. The van der Waals surface area contributed by atoms with Crippen LogP contribution in [-0.4, -0.2) is 40.4 Å². The SMILES string of the molecule is [AlH3].[H-].[H-].[Mg+2].[O]=[Zr]. The van der Waals surface area contributed by atoms with Crippen LogP contribution in [-0.2, 0) is 27.5 Å². The summed E-state index contributed by atoms with van der Waals surface area (Å²) < 4.78 is 8.34. The quantitative estimate of drug-likeness (QED) is 0.399. The van der Waals surface area contributed by atoms with Crippen LogP contribution in [0.3, 0.4) is 0 Å². The Balaban J connectivity index is -0.000000000833. The van der Waals surface area contributed by atoms with E-state index in [1.165, 1.54) is 0 Å². The van der Waals surface area contributed by atoms with Crippen molar-refractivity contribution in [3.63, 3.8) is 0 Å². The van der Waals surface area contributed by atoms with Gasteiger partial charge in [0.15, 0.2) is 17.4 Å². The molecule has 0 heterocycles. The second-order valence-corrected chi connectivity index (χ2v) is 0. The molecule has 0 amide bonds. The van der Waals surface area contributed by atoms with Gasteiger partial charge in [0.25, 0.3) is 0 Å². The third-order valence-electron chi connectivity index (χ3n) is 0. The van der Waals surface area contributed by atoms with E-state index in [9.17, 15) is 0 Å². The van der Waals surface area contributed by atoms with Gasteiger partial charge in [0.1, 0.15) is 0 Å². The van der Waals surface area contributed by atoms with Gasteiger partial charge in [0.2, 0.25) is 0 Å². The van der Waals surface area contributed by atoms with Gasteiger partial charge in [0, 0.05) is 0 Å². The Morgan fingerprint density at radius 2 is 1.50 bits per heavy atom. The molecule has 4 heteroatoms. The molecule has 0 atom stereocenters. The normalized spacial score (nSPS) is 0.750. The molecule has 4 heavy (non-hydrogen) atoms. The van der Waals surface area contributed by atoms with E-state index in [0.29, 0.717) is 24.7 Å². The van der Waals surface area contributed by atoms with E-state index < -0.39 is 0 Å². The molecule has 0 bridgehead atoms. The molecular formula is H5AlMgOZr. The predicted octanol–water partition coefficient (Wildman–Crippen LogP) is -1.46. The van der Waals surface area contributed by atoms with E-state index in [4.69, 9.17) is 2.81 Å². The van der Waals surface area contributed by atoms with Gasteiger partial charge < -0.3 is 2.85 Å². The van der Waals surface area contributed by atoms with Crippen LogP contribution in [0.5, 0.6) is 0 Å². The Hall–Kier alpha value is 1.98. The third kappa shape index (κ3) is 9.01. The second kappa shape index (κ2) is 20.1. The zero-order chi connectivity index (χ0) is 2.00. The fourth-order valence-corrected chi connectivity index (χ4v) is 0. The van der Waals surface area contributed by atoms with Gasteiger partial charge in [0.05, 0.1) is 0 Å². The zero-order valence-electron chi connectivity index (χ0n) is 3.62. The van der Waals surface area contributed by atoms with Crippen LogP contribution in [0.1, 0.15) is 2.85 Å². The standard InChI is InChI=1S/Al.Mg.O.Zr.5H/q;+2;;;;;;2*-1. The van der Waals surface area contributed by atoms with Crippen LogP contribution < -0.4 is 0 Å².